The number of piperidine rings is 1. The Bertz CT molecular complexity index is 629. The van der Waals surface area contributed by atoms with Crippen LogP contribution in [0, 0.1) is 5.82 Å². The van der Waals surface area contributed by atoms with Crippen LogP contribution >= 0.6 is 0 Å². The van der Waals surface area contributed by atoms with Crippen LogP contribution in [-0.4, -0.2) is 35.9 Å². The van der Waals surface area contributed by atoms with Gasteiger partial charge >= 0.3 is 5.97 Å². The lowest BCUT2D eigenvalue weighted by Crippen LogP contribution is -2.57. The summed E-state index contributed by atoms with van der Waals surface area (Å²) >= 11 is 0. The number of halogens is 1. The number of carbonyl (C=O) groups is 1. The maximum atomic E-state index is 12.9. The van der Waals surface area contributed by atoms with E-state index in [2.05, 4.69) is 0 Å². The van der Waals surface area contributed by atoms with E-state index in [9.17, 15) is 22.7 Å². The van der Waals surface area contributed by atoms with Gasteiger partial charge in [-0.15, -0.1) is 0 Å². The van der Waals surface area contributed by atoms with Crippen LogP contribution < -0.4 is 0 Å². The number of benzene rings is 1. The Balaban J connectivity index is 2.28. The molecule has 1 aromatic carbocycles. The summed E-state index contributed by atoms with van der Waals surface area (Å²) in [6.07, 6.45) is 1.63. The van der Waals surface area contributed by atoms with E-state index >= 15 is 0 Å². The minimum absolute atomic E-state index is 0.201. The van der Waals surface area contributed by atoms with Gasteiger partial charge in [-0.1, -0.05) is 12.1 Å². The number of hydrogen-bond acceptors (Lipinski definition) is 3. The Hall–Kier alpha value is -1.47. The molecule has 0 aromatic heterocycles. The fraction of sp³-hybridized carbons (Fsp3) is 0.500. The average Bonchev–Trinajstić information content (AvgIpc) is 2.41. The number of hydrogen-bond donors (Lipinski definition) is 1. The van der Waals surface area contributed by atoms with Crippen molar-refractivity contribution >= 4 is 16.0 Å². The third-order valence-electron chi connectivity index (χ3n) is 3.88. The number of nitrogens with zero attached hydrogens (tertiary/aromatic N) is 1. The van der Waals surface area contributed by atoms with Gasteiger partial charge in [0.15, 0.2) is 0 Å². The zero-order chi connectivity index (χ0) is 15.7. The highest BCUT2D eigenvalue weighted by molar-refractivity contribution is 7.88. The van der Waals surface area contributed by atoms with Gasteiger partial charge in [0.2, 0.25) is 10.0 Å². The normalized spacial score (nSPS) is 23.9. The summed E-state index contributed by atoms with van der Waals surface area (Å²) in [5.41, 5.74) is -0.966. The van der Waals surface area contributed by atoms with Crippen molar-refractivity contribution in [1.82, 2.24) is 4.31 Å². The van der Waals surface area contributed by atoms with Crippen LogP contribution in [0.4, 0.5) is 4.39 Å². The molecule has 1 aliphatic heterocycles. The highest BCUT2D eigenvalue weighted by Crippen LogP contribution is 2.32. The number of carboxylic acid groups (broad SMARTS) is 1. The maximum Gasteiger partial charge on any atom is 0.324 e. The van der Waals surface area contributed by atoms with Gasteiger partial charge in [-0.05, 0) is 43.9 Å². The summed E-state index contributed by atoms with van der Waals surface area (Å²) in [6.45, 7) is 1.64. The molecule has 1 saturated heterocycles. The van der Waals surface area contributed by atoms with Gasteiger partial charge in [-0.3, -0.25) is 4.79 Å². The van der Waals surface area contributed by atoms with Gasteiger partial charge in [0.25, 0.3) is 0 Å². The third kappa shape index (κ3) is 3.24. The molecule has 0 aliphatic carbocycles. The SMILES string of the molecule is CC1(C(=O)O)CCCCN1S(=O)(=O)Cc1ccc(F)cc1. The molecule has 0 spiro atoms. The van der Waals surface area contributed by atoms with E-state index < -0.39 is 27.3 Å². The summed E-state index contributed by atoms with van der Waals surface area (Å²) in [5, 5.41) is 9.38. The minimum atomic E-state index is -3.77. The first-order valence-corrected chi connectivity index (χ1v) is 8.35. The average molecular weight is 315 g/mol. The van der Waals surface area contributed by atoms with Crippen molar-refractivity contribution in [3.05, 3.63) is 35.6 Å². The topological polar surface area (TPSA) is 74.7 Å². The Labute approximate surface area is 123 Å². The Morgan fingerprint density at radius 3 is 2.52 bits per heavy atom. The van der Waals surface area contributed by atoms with Crippen LogP contribution in [0.1, 0.15) is 31.7 Å². The van der Waals surface area contributed by atoms with E-state index in [1.165, 1.54) is 31.2 Å². The zero-order valence-electron chi connectivity index (χ0n) is 11.8. The van der Waals surface area contributed by atoms with Gasteiger partial charge in [0.1, 0.15) is 11.4 Å². The Morgan fingerprint density at radius 2 is 1.95 bits per heavy atom. The van der Waals surface area contributed by atoms with Crippen LogP contribution in [-0.2, 0) is 20.6 Å². The van der Waals surface area contributed by atoms with Crippen LogP contribution in [0.25, 0.3) is 0 Å². The fourth-order valence-electron chi connectivity index (χ4n) is 2.62. The van der Waals surface area contributed by atoms with Gasteiger partial charge in [-0.2, -0.15) is 4.31 Å². The first-order chi connectivity index (χ1) is 9.75. The molecule has 1 aromatic rings. The fourth-order valence-corrected chi connectivity index (χ4v) is 4.59. The van der Waals surface area contributed by atoms with Crippen molar-refractivity contribution in [1.29, 1.82) is 0 Å². The molecule has 0 bridgehead atoms. The number of rotatable bonds is 4. The van der Waals surface area contributed by atoms with Gasteiger partial charge < -0.3 is 5.11 Å². The highest BCUT2D eigenvalue weighted by Gasteiger charge is 2.47. The molecule has 1 atom stereocenters. The Kier molecular flexibility index (Phi) is 4.34. The maximum absolute atomic E-state index is 12.9. The van der Waals surface area contributed by atoms with E-state index in [0.717, 1.165) is 4.31 Å². The van der Waals surface area contributed by atoms with Gasteiger partial charge in [-0.25, -0.2) is 12.8 Å². The molecule has 1 unspecified atom stereocenters. The van der Waals surface area contributed by atoms with Crippen molar-refractivity contribution in [2.24, 2.45) is 0 Å². The van der Waals surface area contributed by atoms with Crippen molar-refractivity contribution in [3.63, 3.8) is 0 Å². The molecule has 5 nitrogen and oxygen atoms in total. The molecular formula is C14H18FNO4S. The molecule has 2 rings (SSSR count). The first-order valence-electron chi connectivity index (χ1n) is 6.74. The van der Waals surface area contributed by atoms with Gasteiger partial charge in [0.05, 0.1) is 5.75 Å². The summed E-state index contributed by atoms with van der Waals surface area (Å²) in [5.74, 6) is -1.90. The van der Waals surface area contributed by atoms with Crippen molar-refractivity contribution in [2.45, 2.75) is 37.5 Å². The minimum Gasteiger partial charge on any atom is -0.480 e. The van der Waals surface area contributed by atoms with Crippen molar-refractivity contribution in [3.8, 4) is 0 Å². The number of carboxylic acids is 1. The molecule has 1 N–H and O–H groups in total. The van der Waals surface area contributed by atoms with Crippen molar-refractivity contribution < 1.29 is 22.7 Å². The summed E-state index contributed by atoms with van der Waals surface area (Å²) in [7, 11) is -3.77. The second kappa shape index (κ2) is 5.73. The predicted octanol–water partition coefficient (Wildman–Crippen LogP) is 1.98. The van der Waals surface area contributed by atoms with Crippen molar-refractivity contribution in [2.75, 3.05) is 6.54 Å². The van der Waals surface area contributed by atoms with E-state index in [-0.39, 0.29) is 12.3 Å². The molecule has 0 amide bonds. The third-order valence-corrected chi connectivity index (χ3v) is 5.84. The zero-order valence-corrected chi connectivity index (χ0v) is 12.6. The molecule has 0 saturated carbocycles. The van der Waals surface area contributed by atoms with E-state index in [4.69, 9.17) is 0 Å². The highest BCUT2D eigenvalue weighted by atomic mass is 32.2. The van der Waals surface area contributed by atoms with E-state index in [1.54, 1.807) is 0 Å². The van der Waals surface area contributed by atoms with E-state index in [0.29, 0.717) is 24.8 Å². The largest absolute Gasteiger partial charge is 0.480 e. The van der Waals surface area contributed by atoms with E-state index in [1.807, 2.05) is 0 Å². The van der Waals surface area contributed by atoms with Crippen LogP contribution in [0.15, 0.2) is 24.3 Å². The molecule has 1 fully saturated rings. The lowest BCUT2D eigenvalue weighted by molar-refractivity contribution is -0.149. The Morgan fingerprint density at radius 1 is 1.33 bits per heavy atom. The molecular weight excluding hydrogens is 297 g/mol. The smallest absolute Gasteiger partial charge is 0.324 e. The molecule has 116 valence electrons. The molecule has 0 radical (unpaired) electrons. The second-order valence-electron chi connectivity index (χ2n) is 5.49. The number of sulfonamides is 1. The standard InChI is InChI=1S/C14H18FNO4S/c1-14(13(17)18)8-2-3-9-16(14)21(19,20)10-11-4-6-12(15)7-5-11/h4-7H,2-3,8-10H2,1H3,(H,17,18). The lowest BCUT2D eigenvalue weighted by atomic mass is 9.91. The summed E-state index contributed by atoms with van der Waals surface area (Å²) in [4.78, 5) is 11.5. The van der Waals surface area contributed by atoms with Crippen LogP contribution in [0.3, 0.4) is 0 Å². The van der Waals surface area contributed by atoms with Crippen LogP contribution in [0.5, 0.6) is 0 Å². The molecule has 7 heteroatoms. The molecule has 21 heavy (non-hydrogen) atoms. The molecule has 1 heterocycles. The molecule has 1 aliphatic rings. The predicted molar refractivity (Wildman–Crippen MR) is 75.6 cm³/mol. The van der Waals surface area contributed by atoms with Gasteiger partial charge in [0, 0.05) is 6.54 Å². The summed E-state index contributed by atoms with van der Waals surface area (Å²) < 4.78 is 39.0. The second-order valence-corrected chi connectivity index (χ2v) is 7.38. The first kappa shape index (κ1) is 15.9. The summed E-state index contributed by atoms with van der Waals surface area (Å²) in [6, 6.07) is 5.18. The lowest BCUT2D eigenvalue weighted by Gasteiger charge is -2.40. The monoisotopic (exact) mass is 315 g/mol. The quantitative estimate of drug-likeness (QED) is 0.922. The number of aliphatic carboxylic acids is 1. The van der Waals surface area contributed by atoms with Crippen LogP contribution in [0.2, 0.25) is 0 Å².